The van der Waals surface area contributed by atoms with E-state index in [-0.39, 0.29) is 5.91 Å². The zero-order chi connectivity index (χ0) is 21.2. The summed E-state index contributed by atoms with van der Waals surface area (Å²) in [5, 5.41) is 9.34. The Hall–Kier alpha value is -3.09. The highest BCUT2D eigenvalue weighted by Crippen LogP contribution is 2.18. The normalized spacial score (nSPS) is 13.9. The predicted molar refractivity (Wildman–Crippen MR) is 122 cm³/mol. The lowest BCUT2D eigenvalue weighted by Crippen LogP contribution is -2.38. The summed E-state index contributed by atoms with van der Waals surface area (Å²) in [6.07, 6.45) is 5.16. The van der Waals surface area contributed by atoms with Crippen LogP contribution in [0.4, 0.5) is 5.82 Å². The minimum absolute atomic E-state index is 0.0645. The van der Waals surface area contributed by atoms with Gasteiger partial charge in [-0.25, -0.2) is 9.98 Å². The summed E-state index contributed by atoms with van der Waals surface area (Å²) in [4.78, 5) is 23.4. The maximum absolute atomic E-state index is 11.8. The number of rotatable bonds is 8. The van der Waals surface area contributed by atoms with Gasteiger partial charge in [0.15, 0.2) is 5.96 Å². The molecule has 2 aromatic rings. The number of nitrogens with one attached hydrogen (secondary N) is 3. The van der Waals surface area contributed by atoms with Crippen LogP contribution >= 0.6 is 0 Å². The highest BCUT2D eigenvalue weighted by molar-refractivity contribution is 5.94. The topological polar surface area (TPSA) is 81.7 Å². The van der Waals surface area contributed by atoms with Crippen LogP contribution in [0.3, 0.4) is 0 Å². The number of benzene rings is 1. The van der Waals surface area contributed by atoms with Gasteiger partial charge < -0.3 is 20.9 Å². The molecule has 1 aromatic carbocycles. The molecule has 0 radical (unpaired) electrons. The summed E-state index contributed by atoms with van der Waals surface area (Å²) in [6.45, 7) is 6.37. The SMILES string of the molecule is CCNC(=NCc1ccnc(N2CCCC2)c1)NCCc1cccc(C(=O)NC)c1. The van der Waals surface area contributed by atoms with Crippen LogP contribution in [0.1, 0.15) is 41.3 Å². The molecule has 30 heavy (non-hydrogen) atoms. The number of hydrogen-bond acceptors (Lipinski definition) is 4. The third kappa shape index (κ3) is 6.20. The zero-order valence-corrected chi connectivity index (χ0v) is 17.9. The number of amides is 1. The first-order valence-corrected chi connectivity index (χ1v) is 10.7. The minimum atomic E-state index is -0.0645. The van der Waals surface area contributed by atoms with E-state index in [0.717, 1.165) is 55.5 Å². The Bertz CT molecular complexity index is 860. The molecule has 1 amide bonds. The lowest BCUT2D eigenvalue weighted by Gasteiger charge is -2.16. The van der Waals surface area contributed by atoms with Gasteiger partial charge in [0.25, 0.3) is 5.91 Å². The summed E-state index contributed by atoms with van der Waals surface area (Å²) in [7, 11) is 1.65. The Balaban J connectivity index is 1.56. The second kappa shape index (κ2) is 11.2. The van der Waals surface area contributed by atoms with E-state index < -0.39 is 0 Å². The van der Waals surface area contributed by atoms with Crippen LogP contribution in [-0.2, 0) is 13.0 Å². The lowest BCUT2D eigenvalue weighted by molar-refractivity contribution is 0.0963. The smallest absolute Gasteiger partial charge is 0.251 e. The van der Waals surface area contributed by atoms with Gasteiger partial charge in [0, 0.05) is 45.0 Å². The number of pyridine rings is 1. The average molecular weight is 409 g/mol. The van der Waals surface area contributed by atoms with E-state index in [1.54, 1.807) is 7.05 Å². The molecule has 1 aliphatic rings. The van der Waals surface area contributed by atoms with Crippen molar-refractivity contribution in [2.75, 3.05) is 38.1 Å². The van der Waals surface area contributed by atoms with Crippen LogP contribution in [0.5, 0.6) is 0 Å². The van der Waals surface area contributed by atoms with Gasteiger partial charge >= 0.3 is 0 Å². The molecule has 0 spiro atoms. The molecule has 3 N–H and O–H groups in total. The number of guanidine groups is 1. The minimum Gasteiger partial charge on any atom is -0.357 e. The van der Waals surface area contributed by atoms with Crippen molar-refractivity contribution < 1.29 is 4.79 Å². The molecule has 1 aliphatic heterocycles. The molecule has 1 fully saturated rings. The van der Waals surface area contributed by atoms with Gasteiger partial charge in [-0.05, 0) is 61.6 Å². The Labute approximate surface area is 179 Å². The maximum atomic E-state index is 11.8. The van der Waals surface area contributed by atoms with Crippen molar-refractivity contribution in [3.63, 3.8) is 0 Å². The van der Waals surface area contributed by atoms with Gasteiger partial charge in [0.05, 0.1) is 6.54 Å². The summed E-state index contributed by atoms with van der Waals surface area (Å²) < 4.78 is 0. The molecule has 160 valence electrons. The molecule has 2 heterocycles. The van der Waals surface area contributed by atoms with E-state index in [0.29, 0.717) is 12.1 Å². The molecular weight excluding hydrogens is 376 g/mol. The molecular formula is C23H32N6O. The number of aliphatic imine (C=N–C) groups is 1. The first-order valence-electron chi connectivity index (χ1n) is 10.7. The number of carbonyl (C=O) groups excluding carboxylic acids is 1. The van der Waals surface area contributed by atoms with Crippen molar-refractivity contribution in [3.8, 4) is 0 Å². The maximum Gasteiger partial charge on any atom is 0.251 e. The molecule has 0 bridgehead atoms. The summed E-state index contributed by atoms with van der Waals surface area (Å²) in [6, 6.07) is 11.9. The number of nitrogens with zero attached hydrogens (tertiary/aromatic N) is 3. The fraction of sp³-hybridized carbons (Fsp3) is 0.435. The molecule has 7 nitrogen and oxygen atoms in total. The van der Waals surface area contributed by atoms with Crippen LogP contribution in [0.25, 0.3) is 0 Å². The first-order chi connectivity index (χ1) is 14.7. The predicted octanol–water partition coefficient (Wildman–Crippen LogP) is 2.34. The Morgan fingerprint density at radius 3 is 2.73 bits per heavy atom. The largest absolute Gasteiger partial charge is 0.357 e. The van der Waals surface area contributed by atoms with Gasteiger partial charge in [-0.2, -0.15) is 0 Å². The van der Waals surface area contributed by atoms with Gasteiger partial charge in [0.1, 0.15) is 5.82 Å². The van der Waals surface area contributed by atoms with Crippen molar-refractivity contribution >= 4 is 17.7 Å². The summed E-state index contributed by atoms with van der Waals surface area (Å²) in [5.41, 5.74) is 2.95. The van der Waals surface area contributed by atoms with E-state index >= 15 is 0 Å². The lowest BCUT2D eigenvalue weighted by atomic mass is 10.1. The Kier molecular flexibility index (Phi) is 8.06. The number of aromatic nitrogens is 1. The van der Waals surface area contributed by atoms with Crippen LogP contribution in [0, 0.1) is 0 Å². The van der Waals surface area contributed by atoms with Gasteiger partial charge in [-0.3, -0.25) is 4.79 Å². The van der Waals surface area contributed by atoms with Gasteiger partial charge in [-0.15, -0.1) is 0 Å². The first kappa shape index (κ1) is 21.6. The average Bonchev–Trinajstić information content (AvgIpc) is 3.32. The fourth-order valence-electron chi connectivity index (χ4n) is 3.53. The molecule has 7 heteroatoms. The Morgan fingerprint density at radius 2 is 1.97 bits per heavy atom. The molecule has 0 atom stereocenters. The van der Waals surface area contributed by atoms with E-state index in [4.69, 9.17) is 4.99 Å². The number of carbonyl (C=O) groups is 1. The number of anilines is 1. The van der Waals surface area contributed by atoms with Crippen LogP contribution < -0.4 is 20.9 Å². The third-order valence-corrected chi connectivity index (χ3v) is 5.13. The van der Waals surface area contributed by atoms with Crippen molar-refractivity contribution in [1.82, 2.24) is 20.9 Å². The van der Waals surface area contributed by atoms with E-state index in [9.17, 15) is 4.79 Å². The Morgan fingerprint density at radius 1 is 1.13 bits per heavy atom. The fourth-order valence-corrected chi connectivity index (χ4v) is 3.53. The van der Waals surface area contributed by atoms with E-state index in [1.807, 2.05) is 36.5 Å². The summed E-state index contributed by atoms with van der Waals surface area (Å²) >= 11 is 0. The zero-order valence-electron chi connectivity index (χ0n) is 17.9. The van der Waals surface area contributed by atoms with Crippen LogP contribution in [0.2, 0.25) is 0 Å². The second-order valence-corrected chi connectivity index (χ2v) is 7.37. The molecule has 1 saturated heterocycles. The van der Waals surface area contributed by atoms with Crippen molar-refractivity contribution in [3.05, 3.63) is 59.3 Å². The van der Waals surface area contributed by atoms with Crippen molar-refractivity contribution in [2.45, 2.75) is 32.7 Å². The van der Waals surface area contributed by atoms with Crippen molar-refractivity contribution in [2.24, 2.45) is 4.99 Å². The molecule has 1 aromatic heterocycles. The third-order valence-electron chi connectivity index (χ3n) is 5.13. The molecule has 0 unspecified atom stereocenters. The van der Waals surface area contributed by atoms with Gasteiger partial charge in [-0.1, -0.05) is 12.1 Å². The molecule has 3 rings (SSSR count). The van der Waals surface area contributed by atoms with Gasteiger partial charge in [0.2, 0.25) is 0 Å². The van der Waals surface area contributed by atoms with Crippen molar-refractivity contribution in [1.29, 1.82) is 0 Å². The standard InChI is InChI=1S/C23H32N6O/c1-3-25-23(27-12-9-18-7-6-8-20(15-18)22(30)24-2)28-17-19-10-11-26-21(16-19)29-13-4-5-14-29/h6-8,10-11,15-16H,3-5,9,12-14,17H2,1-2H3,(H,24,30)(H2,25,27,28). The van der Waals surface area contributed by atoms with Crippen LogP contribution in [0.15, 0.2) is 47.6 Å². The monoisotopic (exact) mass is 408 g/mol. The highest BCUT2D eigenvalue weighted by atomic mass is 16.1. The molecule has 0 saturated carbocycles. The number of hydrogen-bond donors (Lipinski definition) is 3. The van der Waals surface area contributed by atoms with E-state index in [1.165, 1.54) is 12.8 Å². The van der Waals surface area contributed by atoms with Crippen LogP contribution in [-0.4, -0.2) is 50.1 Å². The highest BCUT2D eigenvalue weighted by Gasteiger charge is 2.13. The molecule has 0 aliphatic carbocycles. The van der Waals surface area contributed by atoms with E-state index in [2.05, 4.69) is 38.8 Å². The quantitative estimate of drug-likeness (QED) is 0.461. The second-order valence-electron chi connectivity index (χ2n) is 7.37. The summed E-state index contributed by atoms with van der Waals surface area (Å²) in [5.74, 6) is 1.78.